The van der Waals surface area contributed by atoms with Gasteiger partial charge in [0, 0.05) is 37.2 Å². The van der Waals surface area contributed by atoms with Gasteiger partial charge in [-0.2, -0.15) is 0 Å². The van der Waals surface area contributed by atoms with Crippen molar-refractivity contribution in [3.05, 3.63) is 59.4 Å². The van der Waals surface area contributed by atoms with Gasteiger partial charge in [0.05, 0.1) is 5.56 Å². The lowest BCUT2D eigenvalue weighted by molar-refractivity contribution is 0.0718. The Labute approximate surface area is 137 Å². The van der Waals surface area contributed by atoms with Gasteiger partial charge in [-0.1, -0.05) is 17.7 Å². The van der Waals surface area contributed by atoms with Gasteiger partial charge in [-0.05, 0) is 50.5 Å². The van der Waals surface area contributed by atoms with Gasteiger partial charge in [-0.3, -0.25) is 9.78 Å². The zero-order valence-electron chi connectivity index (χ0n) is 13.7. The SMILES string of the molecule is Cc1ccc(NC2CCN(C(=O)c3cncc(C)c3)CC2)cc1. The molecule has 23 heavy (non-hydrogen) atoms. The fourth-order valence-electron chi connectivity index (χ4n) is 2.97. The molecule has 1 aromatic carbocycles. The Balaban J connectivity index is 1.55. The molecule has 1 amide bonds. The summed E-state index contributed by atoms with van der Waals surface area (Å²) >= 11 is 0. The number of benzene rings is 1. The lowest BCUT2D eigenvalue weighted by Gasteiger charge is -2.33. The molecule has 1 saturated heterocycles. The van der Waals surface area contributed by atoms with Gasteiger partial charge >= 0.3 is 0 Å². The summed E-state index contributed by atoms with van der Waals surface area (Å²) in [6, 6.07) is 10.8. The molecule has 120 valence electrons. The van der Waals surface area contributed by atoms with E-state index in [-0.39, 0.29) is 5.91 Å². The van der Waals surface area contributed by atoms with E-state index in [4.69, 9.17) is 0 Å². The van der Waals surface area contributed by atoms with Crippen LogP contribution in [-0.2, 0) is 0 Å². The van der Waals surface area contributed by atoms with Crippen LogP contribution in [0.1, 0.15) is 34.3 Å². The van der Waals surface area contributed by atoms with Crippen LogP contribution in [0, 0.1) is 13.8 Å². The topological polar surface area (TPSA) is 45.2 Å². The van der Waals surface area contributed by atoms with Gasteiger partial charge in [0.25, 0.3) is 5.91 Å². The number of carbonyl (C=O) groups excluding carboxylic acids is 1. The van der Waals surface area contributed by atoms with Crippen LogP contribution in [0.5, 0.6) is 0 Å². The molecule has 1 aromatic heterocycles. The van der Waals surface area contributed by atoms with Gasteiger partial charge in [-0.15, -0.1) is 0 Å². The second kappa shape index (κ2) is 6.82. The minimum absolute atomic E-state index is 0.0926. The molecule has 3 rings (SSSR count). The molecule has 0 aliphatic carbocycles. The number of anilines is 1. The largest absolute Gasteiger partial charge is 0.382 e. The van der Waals surface area contributed by atoms with E-state index < -0.39 is 0 Å². The van der Waals surface area contributed by atoms with E-state index in [9.17, 15) is 4.79 Å². The molecule has 0 saturated carbocycles. The Hall–Kier alpha value is -2.36. The molecule has 0 radical (unpaired) electrons. The summed E-state index contributed by atoms with van der Waals surface area (Å²) in [5, 5.41) is 3.57. The van der Waals surface area contributed by atoms with Crippen LogP contribution in [0.4, 0.5) is 5.69 Å². The zero-order chi connectivity index (χ0) is 16.2. The lowest BCUT2D eigenvalue weighted by Crippen LogP contribution is -2.42. The minimum Gasteiger partial charge on any atom is -0.382 e. The standard InChI is InChI=1S/C19H23N3O/c1-14-3-5-17(6-4-14)21-18-7-9-22(10-8-18)19(23)16-11-15(2)12-20-13-16/h3-6,11-13,18,21H,7-10H2,1-2H3. The highest BCUT2D eigenvalue weighted by Gasteiger charge is 2.23. The Kier molecular flexibility index (Phi) is 4.60. The fourth-order valence-corrected chi connectivity index (χ4v) is 2.97. The van der Waals surface area contributed by atoms with E-state index in [0.717, 1.165) is 37.2 Å². The monoisotopic (exact) mass is 309 g/mol. The molecular formula is C19H23N3O. The van der Waals surface area contributed by atoms with Crippen LogP contribution in [0.15, 0.2) is 42.7 Å². The number of hydrogen-bond acceptors (Lipinski definition) is 3. The molecule has 2 aromatic rings. The maximum absolute atomic E-state index is 12.5. The van der Waals surface area contributed by atoms with E-state index in [1.807, 2.05) is 17.9 Å². The summed E-state index contributed by atoms with van der Waals surface area (Å²) in [6.45, 7) is 5.63. The normalized spacial score (nSPS) is 15.5. The molecular weight excluding hydrogens is 286 g/mol. The number of nitrogens with one attached hydrogen (secondary N) is 1. The summed E-state index contributed by atoms with van der Waals surface area (Å²) in [5.41, 5.74) is 4.13. The molecule has 1 aliphatic rings. The number of rotatable bonds is 3. The van der Waals surface area contributed by atoms with Crippen molar-refractivity contribution in [3.63, 3.8) is 0 Å². The molecule has 0 bridgehead atoms. The molecule has 1 N–H and O–H groups in total. The third-order valence-electron chi connectivity index (χ3n) is 4.33. The van der Waals surface area contributed by atoms with Gasteiger partial charge in [0.1, 0.15) is 0 Å². The van der Waals surface area contributed by atoms with Crippen molar-refractivity contribution in [2.24, 2.45) is 0 Å². The predicted octanol–water partition coefficient (Wildman–Crippen LogP) is 3.42. The number of likely N-dealkylation sites (tertiary alicyclic amines) is 1. The Morgan fingerprint density at radius 1 is 1.09 bits per heavy atom. The molecule has 0 unspecified atom stereocenters. The molecule has 1 fully saturated rings. The maximum Gasteiger partial charge on any atom is 0.255 e. The molecule has 2 heterocycles. The van der Waals surface area contributed by atoms with Crippen molar-refractivity contribution in [3.8, 4) is 0 Å². The number of carbonyl (C=O) groups is 1. The van der Waals surface area contributed by atoms with E-state index >= 15 is 0 Å². The Bertz CT molecular complexity index is 673. The summed E-state index contributed by atoms with van der Waals surface area (Å²) in [7, 11) is 0. The average molecular weight is 309 g/mol. The van der Waals surface area contributed by atoms with Crippen LogP contribution in [0.3, 0.4) is 0 Å². The molecule has 0 spiro atoms. The molecule has 0 atom stereocenters. The van der Waals surface area contributed by atoms with E-state index in [1.54, 1.807) is 12.4 Å². The zero-order valence-corrected chi connectivity index (χ0v) is 13.7. The summed E-state index contributed by atoms with van der Waals surface area (Å²) in [4.78, 5) is 18.6. The smallest absolute Gasteiger partial charge is 0.255 e. The number of piperidine rings is 1. The summed E-state index contributed by atoms with van der Waals surface area (Å²) in [5.74, 6) is 0.0926. The number of amides is 1. The van der Waals surface area contributed by atoms with Gasteiger partial charge in [-0.25, -0.2) is 0 Å². The van der Waals surface area contributed by atoms with E-state index in [1.165, 1.54) is 5.56 Å². The highest BCUT2D eigenvalue weighted by molar-refractivity contribution is 5.94. The first kappa shape index (κ1) is 15.5. The van der Waals surface area contributed by atoms with Crippen molar-refractivity contribution in [1.82, 2.24) is 9.88 Å². The maximum atomic E-state index is 12.5. The number of pyridine rings is 1. The third-order valence-corrected chi connectivity index (χ3v) is 4.33. The highest BCUT2D eigenvalue weighted by Crippen LogP contribution is 2.18. The predicted molar refractivity (Wildman–Crippen MR) is 92.7 cm³/mol. The Morgan fingerprint density at radius 3 is 2.43 bits per heavy atom. The van der Waals surface area contributed by atoms with Crippen molar-refractivity contribution in [2.75, 3.05) is 18.4 Å². The van der Waals surface area contributed by atoms with Crippen molar-refractivity contribution >= 4 is 11.6 Å². The molecule has 4 nitrogen and oxygen atoms in total. The van der Waals surface area contributed by atoms with Crippen LogP contribution in [0.25, 0.3) is 0 Å². The molecule has 1 aliphatic heterocycles. The quantitative estimate of drug-likeness (QED) is 0.945. The second-order valence-electron chi connectivity index (χ2n) is 6.33. The summed E-state index contributed by atoms with van der Waals surface area (Å²) < 4.78 is 0. The second-order valence-corrected chi connectivity index (χ2v) is 6.33. The third kappa shape index (κ3) is 3.89. The minimum atomic E-state index is 0.0926. The van der Waals surface area contributed by atoms with Gasteiger partial charge in [0.15, 0.2) is 0 Å². The molecule has 4 heteroatoms. The summed E-state index contributed by atoms with van der Waals surface area (Å²) in [6.07, 6.45) is 5.37. The van der Waals surface area contributed by atoms with Crippen LogP contribution in [-0.4, -0.2) is 34.9 Å². The number of aryl methyl sites for hydroxylation is 2. The first-order valence-electron chi connectivity index (χ1n) is 8.16. The first-order valence-corrected chi connectivity index (χ1v) is 8.16. The van der Waals surface area contributed by atoms with Crippen molar-refractivity contribution < 1.29 is 4.79 Å². The van der Waals surface area contributed by atoms with Gasteiger partial charge < -0.3 is 10.2 Å². The van der Waals surface area contributed by atoms with Crippen LogP contribution >= 0.6 is 0 Å². The fraction of sp³-hybridized carbons (Fsp3) is 0.368. The first-order chi connectivity index (χ1) is 11.1. The van der Waals surface area contributed by atoms with Gasteiger partial charge in [0.2, 0.25) is 0 Å². The average Bonchev–Trinajstić information content (AvgIpc) is 2.57. The number of hydrogen-bond donors (Lipinski definition) is 1. The number of nitrogens with zero attached hydrogens (tertiary/aromatic N) is 2. The van der Waals surface area contributed by atoms with Crippen LogP contribution < -0.4 is 5.32 Å². The van der Waals surface area contributed by atoms with Crippen molar-refractivity contribution in [1.29, 1.82) is 0 Å². The van der Waals surface area contributed by atoms with Crippen LogP contribution in [0.2, 0.25) is 0 Å². The highest BCUT2D eigenvalue weighted by atomic mass is 16.2. The lowest BCUT2D eigenvalue weighted by atomic mass is 10.0. The van der Waals surface area contributed by atoms with E-state index in [0.29, 0.717) is 11.6 Å². The number of aromatic nitrogens is 1. The van der Waals surface area contributed by atoms with Crippen molar-refractivity contribution in [2.45, 2.75) is 32.7 Å². The Morgan fingerprint density at radius 2 is 1.78 bits per heavy atom. The van der Waals surface area contributed by atoms with E-state index in [2.05, 4.69) is 41.5 Å².